The molecule has 146 valence electrons. The summed E-state index contributed by atoms with van der Waals surface area (Å²) in [7, 11) is 0. The second-order valence-corrected chi connectivity index (χ2v) is 9.35. The summed E-state index contributed by atoms with van der Waals surface area (Å²) < 4.78 is 18.6. The van der Waals surface area contributed by atoms with E-state index in [0.29, 0.717) is 30.7 Å². The Bertz CT molecular complexity index is 707. The van der Waals surface area contributed by atoms with E-state index in [1.165, 1.54) is 63.6 Å². The van der Waals surface area contributed by atoms with Crippen molar-refractivity contribution in [3.05, 3.63) is 23.8 Å². The lowest BCUT2D eigenvalue weighted by atomic mass is 9.82. The van der Waals surface area contributed by atoms with Crippen molar-refractivity contribution in [2.75, 3.05) is 19.7 Å². The molecule has 1 aromatic rings. The first-order valence-corrected chi connectivity index (χ1v) is 11.2. The average Bonchev–Trinajstić information content (AvgIpc) is 3.36. The summed E-state index contributed by atoms with van der Waals surface area (Å²) in [4.78, 5) is 2.72. The zero-order chi connectivity index (χ0) is 17.8. The molecule has 4 nitrogen and oxygen atoms in total. The van der Waals surface area contributed by atoms with Crippen molar-refractivity contribution in [3.63, 3.8) is 0 Å². The molecule has 5 aliphatic rings. The molecule has 0 amide bonds. The quantitative estimate of drug-likeness (QED) is 0.784. The molecule has 5 heterocycles. The Morgan fingerprint density at radius 1 is 0.889 bits per heavy atom. The van der Waals surface area contributed by atoms with Crippen LogP contribution < -0.4 is 9.47 Å². The molecule has 4 heteroatoms. The predicted molar refractivity (Wildman–Crippen MR) is 104 cm³/mol. The van der Waals surface area contributed by atoms with Crippen molar-refractivity contribution >= 4 is 0 Å². The van der Waals surface area contributed by atoms with Gasteiger partial charge in [-0.05, 0) is 81.6 Å². The molecular formula is C23H31NO3. The van der Waals surface area contributed by atoms with Gasteiger partial charge in [0.05, 0.1) is 12.2 Å². The number of hydrogen-bond acceptors (Lipinski definition) is 4. The fourth-order valence-electron chi connectivity index (χ4n) is 6.33. The van der Waals surface area contributed by atoms with Crippen LogP contribution in [0.3, 0.4) is 0 Å². The van der Waals surface area contributed by atoms with Crippen LogP contribution >= 0.6 is 0 Å². The van der Waals surface area contributed by atoms with Gasteiger partial charge in [-0.2, -0.15) is 0 Å². The highest BCUT2D eigenvalue weighted by atomic mass is 16.6. The first kappa shape index (κ1) is 16.7. The number of piperidine rings is 2. The van der Waals surface area contributed by atoms with E-state index in [1.54, 1.807) is 0 Å². The molecule has 6 atom stereocenters. The maximum Gasteiger partial charge on any atom is 0.161 e. The highest BCUT2D eigenvalue weighted by Crippen LogP contribution is 2.45. The lowest BCUT2D eigenvalue weighted by Gasteiger charge is -2.42. The summed E-state index contributed by atoms with van der Waals surface area (Å²) in [5, 5.41) is 0. The fraction of sp³-hybridized carbons (Fsp3) is 0.739. The van der Waals surface area contributed by atoms with Crippen LogP contribution in [-0.2, 0) is 4.74 Å². The number of benzene rings is 1. The molecule has 0 radical (unpaired) electrons. The highest BCUT2D eigenvalue weighted by molar-refractivity contribution is 5.45. The van der Waals surface area contributed by atoms with Crippen molar-refractivity contribution in [3.8, 4) is 11.5 Å². The van der Waals surface area contributed by atoms with Crippen LogP contribution in [0.25, 0.3) is 0 Å². The molecule has 6 unspecified atom stereocenters. The van der Waals surface area contributed by atoms with Gasteiger partial charge in [0.2, 0.25) is 0 Å². The molecule has 0 aliphatic carbocycles. The van der Waals surface area contributed by atoms with Crippen LogP contribution in [0.15, 0.2) is 18.2 Å². The zero-order valence-corrected chi connectivity index (χ0v) is 16.1. The SMILES string of the molecule is c1cc2c(cc1C1CCN3CCCCC3C1)OCC(C1CC3CCC1O3)O2. The molecule has 1 aromatic carbocycles. The minimum atomic E-state index is 0.157. The van der Waals surface area contributed by atoms with Gasteiger partial charge < -0.3 is 19.1 Å². The second kappa shape index (κ2) is 6.66. The van der Waals surface area contributed by atoms with Gasteiger partial charge in [0.1, 0.15) is 12.7 Å². The topological polar surface area (TPSA) is 30.9 Å². The van der Waals surface area contributed by atoms with Crippen molar-refractivity contribution in [1.29, 1.82) is 0 Å². The summed E-state index contributed by atoms with van der Waals surface area (Å²) in [5.41, 5.74) is 1.45. The largest absolute Gasteiger partial charge is 0.486 e. The third-order valence-corrected chi connectivity index (χ3v) is 7.82. The molecule has 27 heavy (non-hydrogen) atoms. The Balaban J connectivity index is 1.15. The van der Waals surface area contributed by atoms with Gasteiger partial charge in [-0.1, -0.05) is 12.5 Å². The maximum absolute atomic E-state index is 6.38. The average molecular weight is 370 g/mol. The van der Waals surface area contributed by atoms with Crippen molar-refractivity contribution in [2.45, 2.75) is 81.6 Å². The van der Waals surface area contributed by atoms with Crippen LogP contribution in [0.5, 0.6) is 11.5 Å². The van der Waals surface area contributed by atoms with E-state index in [9.17, 15) is 0 Å². The van der Waals surface area contributed by atoms with E-state index in [0.717, 1.165) is 24.0 Å². The van der Waals surface area contributed by atoms with Crippen LogP contribution in [-0.4, -0.2) is 49.0 Å². The summed E-state index contributed by atoms with van der Waals surface area (Å²) in [6.07, 6.45) is 11.4. The molecular weight excluding hydrogens is 338 g/mol. The Morgan fingerprint density at radius 3 is 2.78 bits per heavy atom. The number of ether oxygens (including phenoxy) is 3. The van der Waals surface area contributed by atoms with E-state index in [-0.39, 0.29) is 6.10 Å². The Hall–Kier alpha value is -1.26. The molecule has 0 spiro atoms. The first-order chi connectivity index (χ1) is 13.3. The molecule has 4 fully saturated rings. The minimum Gasteiger partial charge on any atom is -0.486 e. The van der Waals surface area contributed by atoms with E-state index >= 15 is 0 Å². The van der Waals surface area contributed by atoms with Gasteiger partial charge in [-0.3, -0.25) is 0 Å². The molecule has 5 aliphatic heterocycles. The van der Waals surface area contributed by atoms with Gasteiger partial charge >= 0.3 is 0 Å². The molecule has 6 rings (SSSR count). The third-order valence-electron chi connectivity index (χ3n) is 7.82. The van der Waals surface area contributed by atoms with E-state index in [1.807, 2.05) is 0 Å². The summed E-state index contributed by atoms with van der Waals surface area (Å²) in [6, 6.07) is 7.53. The molecule has 0 aromatic heterocycles. The Morgan fingerprint density at radius 2 is 1.89 bits per heavy atom. The standard InChI is InChI=1S/C23H31NO3/c1-2-9-24-10-8-16(11-17(24)3-1)15-4-6-21-22(12-15)25-14-23(27-21)19-13-18-5-7-20(19)26-18/h4,6,12,16-20,23H,1-3,5,7-11,13-14H2. The lowest BCUT2D eigenvalue weighted by molar-refractivity contribution is 0.0137. The highest BCUT2D eigenvalue weighted by Gasteiger charge is 2.46. The van der Waals surface area contributed by atoms with Gasteiger partial charge in [-0.15, -0.1) is 0 Å². The number of rotatable bonds is 2. The van der Waals surface area contributed by atoms with Crippen LogP contribution in [0.1, 0.15) is 62.8 Å². The van der Waals surface area contributed by atoms with E-state index < -0.39 is 0 Å². The maximum atomic E-state index is 6.38. The Labute approximate surface area is 162 Å². The third kappa shape index (κ3) is 2.96. The lowest BCUT2D eigenvalue weighted by Crippen LogP contribution is -2.44. The minimum absolute atomic E-state index is 0.157. The Kier molecular flexibility index (Phi) is 4.12. The van der Waals surface area contributed by atoms with Gasteiger partial charge in [-0.25, -0.2) is 0 Å². The van der Waals surface area contributed by atoms with Crippen LogP contribution in [0.4, 0.5) is 0 Å². The summed E-state index contributed by atoms with van der Waals surface area (Å²) >= 11 is 0. The smallest absolute Gasteiger partial charge is 0.161 e. The first-order valence-electron chi connectivity index (χ1n) is 11.2. The molecule has 2 bridgehead atoms. The van der Waals surface area contributed by atoms with Crippen molar-refractivity contribution in [2.24, 2.45) is 5.92 Å². The number of hydrogen-bond donors (Lipinski definition) is 0. The fourth-order valence-corrected chi connectivity index (χ4v) is 6.33. The van der Waals surface area contributed by atoms with Gasteiger partial charge in [0.25, 0.3) is 0 Å². The van der Waals surface area contributed by atoms with Crippen molar-refractivity contribution < 1.29 is 14.2 Å². The molecule has 0 saturated carbocycles. The molecule has 4 saturated heterocycles. The van der Waals surface area contributed by atoms with E-state index in [4.69, 9.17) is 14.2 Å². The van der Waals surface area contributed by atoms with E-state index in [2.05, 4.69) is 23.1 Å². The zero-order valence-electron chi connectivity index (χ0n) is 16.1. The number of fused-ring (bicyclic) bond motifs is 4. The second-order valence-electron chi connectivity index (χ2n) is 9.35. The summed E-state index contributed by atoms with van der Waals surface area (Å²) in [6.45, 7) is 3.25. The van der Waals surface area contributed by atoms with Gasteiger partial charge in [0, 0.05) is 12.0 Å². The van der Waals surface area contributed by atoms with Crippen LogP contribution in [0.2, 0.25) is 0 Å². The predicted octanol–water partition coefficient (Wildman–Crippen LogP) is 4.13. The normalized spacial score (nSPS) is 40.7. The van der Waals surface area contributed by atoms with Gasteiger partial charge in [0.15, 0.2) is 11.5 Å². The van der Waals surface area contributed by atoms with Crippen LogP contribution in [0, 0.1) is 5.92 Å². The molecule has 0 N–H and O–H groups in total. The summed E-state index contributed by atoms with van der Waals surface area (Å²) in [5.74, 6) is 3.08. The monoisotopic (exact) mass is 369 g/mol. The van der Waals surface area contributed by atoms with Crippen molar-refractivity contribution in [1.82, 2.24) is 4.90 Å². The number of nitrogens with zero attached hydrogens (tertiary/aromatic N) is 1.